The number of esters is 1. The highest BCUT2D eigenvalue weighted by Crippen LogP contribution is 2.40. The lowest BCUT2D eigenvalue weighted by Crippen LogP contribution is -2.53. The second-order valence-corrected chi connectivity index (χ2v) is 22.5. The van der Waals surface area contributed by atoms with Crippen LogP contribution in [0.3, 0.4) is 0 Å². The number of sulfonamides is 1. The van der Waals surface area contributed by atoms with E-state index in [0.29, 0.717) is 33.9 Å². The summed E-state index contributed by atoms with van der Waals surface area (Å²) in [4.78, 5) is 62.3. The van der Waals surface area contributed by atoms with Gasteiger partial charge >= 0.3 is 18.7 Å². The van der Waals surface area contributed by atoms with E-state index in [1.807, 2.05) is 36.4 Å². The van der Waals surface area contributed by atoms with E-state index in [9.17, 15) is 36.4 Å². The Morgan fingerprint density at radius 3 is 2.17 bits per heavy atom. The number of pyridine rings is 1. The fourth-order valence-electron chi connectivity index (χ4n) is 9.24. The molecule has 3 amide bonds. The van der Waals surface area contributed by atoms with Gasteiger partial charge in [0.2, 0.25) is 10.0 Å². The van der Waals surface area contributed by atoms with Crippen LogP contribution in [0.25, 0.3) is 0 Å². The third-order valence-corrected chi connectivity index (χ3v) is 17.3. The molecule has 16 nitrogen and oxygen atoms in total. The van der Waals surface area contributed by atoms with Gasteiger partial charge in [-0.05, 0) is 122 Å². The molecule has 4 aliphatic heterocycles. The first-order chi connectivity index (χ1) is 36.2. The van der Waals surface area contributed by atoms with E-state index in [1.165, 1.54) is 54.9 Å². The summed E-state index contributed by atoms with van der Waals surface area (Å²) < 4.78 is 79.2. The van der Waals surface area contributed by atoms with Gasteiger partial charge in [0, 0.05) is 67.6 Å². The van der Waals surface area contributed by atoms with Crippen molar-refractivity contribution in [3.63, 3.8) is 0 Å². The van der Waals surface area contributed by atoms with Crippen molar-refractivity contribution in [2.24, 2.45) is 11.8 Å². The number of nitrogens with zero attached hydrogens (tertiary/aromatic N) is 4. The molecule has 1 aliphatic carbocycles. The number of aromatic nitrogens is 1. The van der Waals surface area contributed by atoms with E-state index in [-0.39, 0.29) is 89.0 Å². The lowest BCUT2D eigenvalue weighted by molar-refractivity contribution is -0.150. The third kappa shape index (κ3) is 13.5. The molecule has 5 aliphatic rings. The van der Waals surface area contributed by atoms with Crippen molar-refractivity contribution in [3.05, 3.63) is 147 Å². The molecule has 2 bridgehead atoms. The maximum absolute atomic E-state index is 14.3. The van der Waals surface area contributed by atoms with Crippen molar-refractivity contribution in [1.29, 1.82) is 0 Å². The number of para-hydroxylation sites is 1. The van der Waals surface area contributed by atoms with Gasteiger partial charge in [-0.3, -0.25) is 24.4 Å². The summed E-state index contributed by atoms with van der Waals surface area (Å²) >= 11 is 14.0. The first kappa shape index (κ1) is 53.8. The fraction of sp³-hybridized carbons (Fsp3) is 0.377. The van der Waals surface area contributed by atoms with Gasteiger partial charge in [0.25, 0.3) is 11.8 Å². The quantitative estimate of drug-likeness (QED) is 0.0525. The van der Waals surface area contributed by atoms with E-state index < -0.39 is 52.0 Å². The highest BCUT2D eigenvalue weighted by atomic mass is 35.5. The van der Waals surface area contributed by atoms with Crippen LogP contribution in [0.2, 0.25) is 10.0 Å². The molecule has 22 heteroatoms. The molecule has 1 aromatic heterocycles. The Balaban J connectivity index is 0.820. The van der Waals surface area contributed by atoms with E-state index in [4.69, 9.17) is 42.1 Å². The molecule has 3 atom stereocenters. The minimum atomic E-state index is -4.42. The number of hydrogen-bond acceptors (Lipinski definition) is 13. The van der Waals surface area contributed by atoms with Gasteiger partial charge in [0.15, 0.2) is 16.9 Å². The van der Waals surface area contributed by atoms with Gasteiger partial charge in [-0.15, -0.1) is 11.8 Å². The summed E-state index contributed by atoms with van der Waals surface area (Å²) in [6, 6.07) is 25.6. The molecular formula is C53H54Cl2F2N6O10S2. The van der Waals surface area contributed by atoms with Crippen LogP contribution < -0.4 is 25.0 Å². The fourth-order valence-corrected chi connectivity index (χ4v) is 12.9. The smallest absolute Gasteiger partial charge is 0.414 e. The molecule has 75 heavy (non-hydrogen) atoms. The number of nitrogens with one attached hydrogen (secondary N) is 2. The summed E-state index contributed by atoms with van der Waals surface area (Å²) in [7, 11) is -4.42. The first-order valence-corrected chi connectivity index (χ1v) is 27.8. The zero-order chi connectivity index (χ0) is 52.6. The number of piperidine rings is 3. The van der Waals surface area contributed by atoms with E-state index in [2.05, 4.69) is 20.5 Å². The van der Waals surface area contributed by atoms with Crippen LogP contribution in [0.15, 0.2) is 114 Å². The van der Waals surface area contributed by atoms with Gasteiger partial charge in [0.05, 0.1) is 28.1 Å². The molecule has 4 saturated heterocycles. The van der Waals surface area contributed by atoms with Gasteiger partial charge in [-0.1, -0.05) is 65.7 Å². The summed E-state index contributed by atoms with van der Waals surface area (Å²) in [6.07, 6.45) is 4.68. The van der Waals surface area contributed by atoms with Crippen LogP contribution in [0.1, 0.15) is 69.2 Å². The number of thioether (sulfide) groups is 1. The van der Waals surface area contributed by atoms with Gasteiger partial charge in [-0.25, -0.2) is 18.0 Å². The van der Waals surface area contributed by atoms with E-state index in [1.54, 1.807) is 23.1 Å². The van der Waals surface area contributed by atoms with Crippen LogP contribution in [0.4, 0.5) is 19.3 Å². The van der Waals surface area contributed by atoms with Crippen LogP contribution in [0, 0.1) is 11.8 Å². The number of carbonyl (C=O) groups excluding carboxylic acids is 4. The maximum Gasteiger partial charge on any atom is 0.414 e. The van der Waals surface area contributed by atoms with E-state index >= 15 is 0 Å². The molecule has 10 rings (SSSR count). The number of hydrogen-bond donors (Lipinski definition) is 2. The molecular weight excluding hydrogens is 1050 g/mol. The summed E-state index contributed by atoms with van der Waals surface area (Å²) in [5, 5.41) is 4.50. The molecule has 2 N–H and O–H groups in total. The minimum absolute atomic E-state index is 0.00166. The molecule has 5 aromatic rings. The zero-order valence-corrected chi connectivity index (χ0v) is 43.6. The maximum atomic E-state index is 14.3. The molecule has 5 fully saturated rings. The van der Waals surface area contributed by atoms with Crippen LogP contribution in [-0.4, -0.2) is 116 Å². The standard InChI is InChI=1S/C53H54Cl2F2N6O10S2/c54-42-28-58-29-43(55)41(42)27-45(36-14-15-44(72-52(56)57)46(26-36)70-32-33-12-13-33)71-51(66)50-63(22-23-74-50)75(68,69)40-11-5-8-38(25-40)49(65)60-19-18-59-48(64)37-7-4-6-34(24-37)30-62(39-9-2-1-3-10-39)53(67)73-47-31-61-20-16-35(47)17-21-61/h1-11,14-15,24-26,28-29,33,35,45,47,50,52H,12-13,16-23,27,30-32H2,(H,59,64)(H,60,65)/t45-,47-,50-/m0/s1. The Morgan fingerprint density at radius 1 is 0.813 bits per heavy atom. The monoisotopic (exact) mass is 1110 g/mol. The number of fused-ring (bicyclic) bond motifs is 3. The predicted octanol–water partition coefficient (Wildman–Crippen LogP) is 8.77. The van der Waals surface area contributed by atoms with Crippen molar-refractivity contribution in [2.45, 2.75) is 67.7 Å². The van der Waals surface area contributed by atoms with Crippen LogP contribution >= 0.6 is 35.0 Å². The van der Waals surface area contributed by atoms with Crippen molar-refractivity contribution >= 4 is 74.6 Å². The number of amides is 3. The number of alkyl halides is 2. The number of halogens is 4. The number of rotatable bonds is 21. The number of carbonyl (C=O) groups is 4. The van der Waals surface area contributed by atoms with Crippen molar-refractivity contribution in [3.8, 4) is 11.5 Å². The molecule has 4 aromatic carbocycles. The van der Waals surface area contributed by atoms with Crippen LogP contribution in [-0.2, 0) is 37.3 Å². The van der Waals surface area contributed by atoms with Crippen molar-refractivity contribution in [2.75, 3.05) is 56.5 Å². The Labute approximate surface area is 447 Å². The first-order valence-electron chi connectivity index (χ1n) is 24.5. The van der Waals surface area contributed by atoms with Gasteiger partial charge in [0.1, 0.15) is 12.2 Å². The molecule has 1 saturated carbocycles. The Kier molecular flexibility index (Phi) is 17.4. The van der Waals surface area contributed by atoms with Gasteiger partial charge in [-0.2, -0.15) is 13.1 Å². The zero-order valence-electron chi connectivity index (χ0n) is 40.5. The second kappa shape index (κ2) is 24.3. The summed E-state index contributed by atoms with van der Waals surface area (Å²) in [6.45, 7) is 0.0137. The van der Waals surface area contributed by atoms with Crippen LogP contribution in [0.5, 0.6) is 11.5 Å². The minimum Gasteiger partial charge on any atom is -0.489 e. The molecule has 5 heterocycles. The van der Waals surface area contributed by atoms with E-state index in [0.717, 1.165) is 61.4 Å². The second-order valence-electron chi connectivity index (χ2n) is 18.6. The Morgan fingerprint density at radius 2 is 1.51 bits per heavy atom. The van der Waals surface area contributed by atoms with Crippen molar-refractivity contribution in [1.82, 2.24) is 24.8 Å². The third-order valence-electron chi connectivity index (χ3n) is 13.4. The molecule has 0 radical (unpaired) electrons. The van der Waals surface area contributed by atoms with Gasteiger partial charge < -0.3 is 29.6 Å². The lowest BCUT2D eigenvalue weighted by atomic mass is 9.86. The molecule has 0 unspecified atom stereocenters. The average molecular weight is 1110 g/mol. The number of anilines is 1. The predicted molar refractivity (Wildman–Crippen MR) is 278 cm³/mol. The highest BCUT2D eigenvalue weighted by molar-refractivity contribution is 8.02. The Hall–Kier alpha value is -6.03. The highest BCUT2D eigenvalue weighted by Gasteiger charge is 2.43. The van der Waals surface area contributed by atoms with Crippen molar-refractivity contribution < 1.29 is 55.3 Å². The Bertz CT molecular complexity index is 2970. The normalized spacial score (nSPS) is 19.7. The molecule has 396 valence electrons. The summed E-state index contributed by atoms with van der Waals surface area (Å²) in [5.74, 6) is -1.31. The topological polar surface area (TPSA) is 186 Å². The largest absolute Gasteiger partial charge is 0.489 e. The molecule has 0 spiro atoms. The SMILES string of the molecule is O=C(NCCNC(=O)c1cccc(S(=O)(=O)N2CCS[C@H]2C(=O)O[C@@H](Cc2c(Cl)cncc2Cl)c2ccc(OC(F)F)c(OCC3CC3)c2)c1)c1cccc(CN(C(=O)O[C@H]2CN3CCC2CC3)c2ccccc2)c1. The average Bonchev–Trinajstić information content (AvgIpc) is 4.12. The number of benzene rings is 4. The summed E-state index contributed by atoms with van der Waals surface area (Å²) in [5.41, 5.74) is 2.40. The lowest BCUT2D eigenvalue weighted by Gasteiger charge is -2.44. The number of ether oxygens (including phenoxy) is 4.